The molecule has 4 aliphatic heterocycles. The fourth-order valence-electron chi connectivity index (χ4n) is 8.18. The van der Waals surface area contributed by atoms with E-state index in [2.05, 4.69) is 14.7 Å². The molecule has 1 unspecified atom stereocenters. The van der Waals surface area contributed by atoms with E-state index in [4.69, 9.17) is 14.7 Å². The topological polar surface area (TPSA) is 102 Å². The Morgan fingerprint density at radius 3 is 2.80 bits per heavy atom. The van der Waals surface area contributed by atoms with Crippen LogP contribution in [-0.4, -0.2) is 82.1 Å². The number of aryl methyl sites for hydroxylation is 1. The van der Waals surface area contributed by atoms with E-state index >= 15 is 0 Å². The van der Waals surface area contributed by atoms with Crippen LogP contribution in [0.1, 0.15) is 62.3 Å². The van der Waals surface area contributed by atoms with Gasteiger partial charge in [-0.2, -0.15) is 9.97 Å². The minimum Gasteiger partial charge on any atom is -0.508 e. The van der Waals surface area contributed by atoms with Gasteiger partial charge in [0.2, 0.25) is 0 Å². The number of aromatic nitrogens is 2. The van der Waals surface area contributed by atoms with E-state index in [1.807, 2.05) is 6.92 Å². The molecule has 0 bridgehead atoms. The SMILES string of the molecule is CCc1c(F)ccc2cc(O)cc(N3CCc4c(nc(OC[C@@]56CCCN5C[C@H](F)C6)nc4N4CCCCC(C(=O)O)C4)C3)c12. The minimum absolute atomic E-state index is 0.108. The normalized spacial score (nSPS) is 25.3. The third-order valence-corrected chi connectivity index (χ3v) is 10.4. The first-order chi connectivity index (χ1) is 21.7. The van der Waals surface area contributed by atoms with Gasteiger partial charge in [0.15, 0.2) is 0 Å². The fourth-order valence-corrected chi connectivity index (χ4v) is 8.18. The van der Waals surface area contributed by atoms with Crippen molar-refractivity contribution in [2.45, 2.75) is 76.5 Å². The molecule has 7 rings (SSSR count). The maximum Gasteiger partial charge on any atom is 0.318 e. The van der Waals surface area contributed by atoms with Gasteiger partial charge in [-0.15, -0.1) is 0 Å². The van der Waals surface area contributed by atoms with Crippen LogP contribution < -0.4 is 14.5 Å². The van der Waals surface area contributed by atoms with Gasteiger partial charge in [0.25, 0.3) is 0 Å². The van der Waals surface area contributed by atoms with Gasteiger partial charge in [-0.25, -0.2) is 8.78 Å². The number of carboxylic acids is 1. The number of carboxylic acid groups (broad SMARTS) is 1. The molecule has 3 atom stereocenters. The molecule has 3 aromatic rings. The van der Waals surface area contributed by atoms with Gasteiger partial charge < -0.3 is 24.7 Å². The zero-order valence-corrected chi connectivity index (χ0v) is 25.8. The number of phenolic OH excluding ortho intramolecular Hbond substituents is 1. The molecule has 0 radical (unpaired) electrons. The standard InChI is InChI=1S/C34H41F2N5O4/c1-2-25-27(36)8-7-21-14-24(42)15-29(30(21)25)39-13-9-26-28(19-39)37-33(45-20-34-10-5-12-41(34)18-23(35)16-34)38-31(26)40-11-4-3-6-22(17-40)32(43)44/h7-8,14-15,22-23,42H,2-6,9-13,16-20H2,1H3,(H,43,44)/t22?,23-,34+/m1/s1. The Labute approximate surface area is 261 Å². The van der Waals surface area contributed by atoms with Crippen LogP contribution in [0.5, 0.6) is 11.8 Å². The van der Waals surface area contributed by atoms with Crippen LogP contribution in [0.15, 0.2) is 24.3 Å². The second kappa shape index (κ2) is 11.9. The van der Waals surface area contributed by atoms with E-state index in [0.717, 1.165) is 59.9 Å². The molecule has 3 saturated heterocycles. The van der Waals surface area contributed by atoms with Crippen molar-refractivity contribution in [2.75, 3.05) is 49.1 Å². The third kappa shape index (κ3) is 5.53. The van der Waals surface area contributed by atoms with E-state index in [9.17, 15) is 23.8 Å². The molecule has 5 heterocycles. The van der Waals surface area contributed by atoms with Crippen molar-refractivity contribution in [3.05, 3.63) is 46.9 Å². The number of hydrogen-bond acceptors (Lipinski definition) is 8. The maximum atomic E-state index is 15.0. The number of hydrogen-bond donors (Lipinski definition) is 2. The van der Waals surface area contributed by atoms with Crippen molar-refractivity contribution in [3.8, 4) is 11.8 Å². The summed E-state index contributed by atoms with van der Waals surface area (Å²) < 4.78 is 35.8. The van der Waals surface area contributed by atoms with Gasteiger partial charge in [0.1, 0.15) is 30.2 Å². The molecular weight excluding hydrogens is 580 g/mol. The van der Waals surface area contributed by atoms with Crippen molar-refractivity contribution < 1.29 is 28.5 Å². The number of alkyl halides is 1. The number of benzene rings is 2. The quantitative estimate of drug-likeness (QED) is 0.367. The molecule has 0 saturated carbocycles. The Morgan fingerprint density at radius 1 is 1.11 bits per heavy atom. The lowest BCUT2D eigenvalue weighted by molar-refractivity contribution is -0.141. The lowest BCUT2D eigenvalue weighted by Gasteiger charge is -2.35. The first-order valence-electron chi connectivity index (χ1n) is 16.3. The predicted octanol–water partition coefficient (Wildman–Crippen LogP) is 5.25. The molecular formula is C34H41F2N5O4. The second-order valence-corrected chi connectivity index (χ2v) is 13.2. The Bertz CT molecular complexity index is 1620. The first-order valence-corrected chi connectivity index (χ1v) is 16.3. The summed E-state index contributed by atoms with van der Waals surface area (Å²) in [6.45, 7) is 5.54. The predicted molar refractivity (Wildman–Crippen MR) is 167 cm³/mol. The first kappa shape index (κ1) is 30.0. The van der Waals surface area contributed by atoms with Gasteiger partial charge in [-0.3, -0.25) is 9.69 Å². The van der Waals surface area contributed by atoms with Crippen molar-refractivity contribution in [1.82, 2.24) is 14.9 Å². The molecule has 0 spiro atoms. The Hall–Kier alpha value is -3.73. The average molecular weight is 622 g/mol. The molecule has 0 amide bonds. The van der Waals surface area contributed by atoms with Crippen LogP contribution in [0, 0.1) is 11.7 Å². The van der Waals surface area contributed by atoms with Crippen LogP contribution in [0.4, 0.5) is 20.3 Å². The van der Waals surface area contributed by atoms with Crippen LogP contribution in [0.3, 0.4) is 0 Å². The monoisotopic (exact) mass is 621 g/mol. The summed E-state index contributed by atoms with van der Waals surface area (Å²) in [5.41, 5.74) is 2.72. The molecule has 11 heteroatoms. The summed E-state index contributed by atoms with van der Waals surface area (Å²) >= 11 is 0. The average Bonchev–Trinajstić information content (AvgIpc) is 3.42. The molecule has 2 aromatic carbocycles. The number of carbonyl (C=O) groups is 1. The number of aromatic hydroxyl groups is 1. The molecule has 9 nitrogen and oxygen atoms in total. The van der Waals surface area contributed by atoms with Crippen LogP contribution in [0.2, 0.25) is 0 Å². The second-order valence-electron chi connectivity index (χ2n) is 13.2. The Morgan fingerprint density at radius 2 is 1.98 bits per heavy atom. The minimum atomic E-state index is -0.873. The number of anilines is 2. The van der Waals surface area contributed by atoms with E-state index in [0.29, 0.717) is 76.4 Å². The van der Waals surface area contributed by atoms with E-state index in [1.54, 1.807) is 18.2 Å². The highest BCUT2D eigenvalue weighted by Gasteiger charge is 2.49. The Kier molecular flexibility index (Phi) is 7.91. The number of aliphatic carboxylic acids is 1. The number of halogens is 2. The molecule has 2 N–H and O–H groups in total. The number of nitrogens with zero attached hydrogens (tertiary/aromatic N) is 5. The van der Waals surface area contributed by atoms with Gasteiger partial charge in [-0.05, 0) is 68.2 Å². The number of fused-ring (bicyclic) bond motifs is 3. The van der Waals surface area contributed by atoms with E-state index < -0.39 is 18.1 Å². The molecule has 4 aliphatic rings. The van der Waals surface area contributed by atoms with Crippen LogP contribution in [-0.2, 0) is 24.2 Å². The summed E-state index contributed by atoms with van der Waals surface area (Å²) in [7, 11) is 0. The highest BCUT2D eigenvalue weighted by atomic mass is 19.1. The maximum absolute atomic E-state index is 15.0. The summed E-state index contributed by atoms with van der Waals surface area (Å²) in [6, 6.07) is 6.72. The van der Waals surface area contributed by atoms with Crippen molar-refractivity contribution in [3.63, 3.8) is 0 Å². The molecule has 3 fully saturated rings. The number of rotatable bonds is 7. The van der Waals surface area contributed by atoms with Gasteiger partial charge in [0, 0.05) is 55.3 Å². The summed E-state index contributed by atoms with van der Waals surface area (Å²) in [5, 5.41) is 22.1. The molecule has 0 aliphatic carbocycles. The van der Waals surface area contributed by atoms with Gasteiger partial charge >= 0.3 is 12.0 Å². The highest BCUT2D eigenvalue weighted by Crippen LogP contribution is 2.42. The van der Waals surface area contributed by atoms with Crippen molar-refractivity contribution in [2.24, 2.45) is 5.92 Å². The Balaban J connectivity index is 1.27. The summed E-state index contributed by atoms with van der Waals surface area (Å²) in [6.07, 6.45) is 4.86. The fraction of sp³-hybridized carbons (Fsp3) is 0.559. The number of ether oxygens (including phenoxy) is 1. The zero-order chi connectivity index (χ0) is 31.3. The molecule has 45 heavy (non-hydrogen) atoms. The van der Waals surface area contributed by atoms with Gasteiger partial charge in [-0.1, -0.05) is 19.4 Å². The highest BCUT2D eigenvalue weighted by molar-refractivity contribution is 5.98. The molecule has 240 valence electrons. The lowest BCUT2D eigenvalue weighted by atomic mass is 9.95. The smallest absolute Gasteiger partial charge is 0.318 e. The van der Waals surface area contributed by atoms with E-state index in [1.165, 1.54) is 6.07 Å². The van der Waals surface area contributed by atoms with E-state index in [-0.39, 0.29) is 23.1 Å². The third-order valence-electron chi connectivity index (χ3n) is 10.4. The van der Waals surface area contributed by atoms with Crippen LogP contribution in [0.25, 0.3) is 10.8 Å². The van der Waals surface area contributed by atoms with Gasteiger partial charge in [0.05, 0.1) is 23.7 Å². The number of phenols is 1. The molecule has 1 aromatic heterocycles. The lowest BCUT2D eigenvalue weighted by Crippen LogP contribution is -2.43. The summed E-state index contributed by atoms with van der Waals surface area (Å²) in [4.78, 5) is 28.3. The zero-order valence-electron chi connectivity index (χ0n) is 25.8. The largest absolute Gasteiger partial charge is 0.508 e. The van der Waals surface area contributed by atoms with Crippen molar-refractivity contribution in [1.29, 1.82) is 0 Å². The summed E-state index contributed by atoms with van der Waals surface area (Å²) in [5.74, 6) is -0.748. The van der Waals surface area contributed by atoms with Crippen molar-refractivity contribution >= 4 is 28.2 Å². The van der Waals surface area contributed by atoms with Crippen LogP contribution >= 0.6 is 0 Å².